The van der Waals surface area contributed by atoms with Crippen molar-refractivity contribution in [2.45, 2.75) is 64.2 Å². The lowest BCUT2D eigenvalue weighted by molar-refractivity contribution is -0.384. The van der Waals surface area contributed by atoms with E-state index in [9.17, 15) is 18.5 Å². The fourth-order valence-electron chi connectivity index (χ4n) is 2.97. The highest BCUT2D eigenvalue weighted by molar-refractivity contribution is 7.87. The van der Waals surface area contributed by atoms with E-state index in [1.54, 1.807) is 0 Å². The van der Waals surface area contributed by atoms with Crippen LogP contribution in [-0.2, 0) is 10.1 Å². The highest BCUT2D eigenvalue weighted by Crippen LogP contribution is 2.36. The Morgan fingerprint density at radius 3 is 1.68 bits per heavy atom. The predicted molar refractivity (Wildman–Crippen MR) is 110 cm³/mol. The normalized spacial score (nSPS) is 12.0. The third kappa shape index (κ3) is 4.70. The first-order chi connectivity index (χ1) is 12.9. The van der Waals surface area contributed by atoms with E-state index in [0.29, 0.717) is 0 Å². The van der Waals surface area contributed by atoms with Crippen LogP contribution in [0.2, 0.25) is 0 Å². The number of hydrogen-bond acceptors (Lipinski definition) is 5. The minimum atomic E-state index is -4.11. The zero-order valence-corrected chi connectivity index (χ0v) is 17.9. The molecule has 0 aliphatic carbocycles. The van der Waals surface area contributed by atoms with Crippen molar-refractivity contribution < 1.29 is 17.5 Å². The molecule has 2 aromatic rings. The largest absolute Gasteiger partial charge is 0.379 e. The molecular weight excluding hydrogens is 378 g/mol. The number of non-ortho nitro benzene ring substituents is 1. The van der Waals surface area contributed by atoms with Gasteiger partial charge < -0.3 is 4.18 Å². The van der Waals surface area contributed by atoms with Gasteiger partial charge in [0, 0.05) is 12.1 Å². The summed E-state index contributed by atoms with van der Waals surface area (Å²) in [6.07, 6.45) is 0. The molecule has 0 saturated heterocycles. The molecule has 2 aromatic carbocycles. The van der Waals surface area contributed by atoms with Crippen molar-refractivity contribution in [1.29, 1.82) is 0 Å². The summed E-state index contributed by atoms with van der Waals surface area (Å²) in [5, 5.41) is 10.8. The molecule has 0 saturated carbocycles. The Labute approximate surface area is 166 Å². The maximum Gasteiger partial charge on any atom is 0.339 e. The van der Waals surface area contributed by atoms with Crippen LogP contribution < -0.4 is 4.18 Å². The van der Waals surface area contributed by atoms with Gasteiger partial charge in [-0.05, 0) is 46.6 Å². The molecule has 0 fully saturated rings. The molecule has 7 heteroatoms. The van der Waals surface area contributed by atoms with Crippen molar-refractivity contribution in [1.82, 2.24) is 0 Å². The summed E-state index contributed by atoms with van der Waals surface area (Å²) in [7, 11) is -4.11. The summed E-state index contributed by atoms with van der Waals surface area (Å²) in [5.74, 6) is 0.285. The summed E-state index contributed by atoms with van der Waals surface area (Å²) < 4.78 is 31.7. The van der Waals surface area contributed by atoms with Gasteiger partial charge in [0.1, 0.15) is 10.6 Å². The third-order valence-electron chi connectivity index (χ3n) is 4.58. The van der Waals surface area contributed by atoms with Gasteiger partial charge in [0.15, 0.2) is 0 Å². The predicted octanol–water partition coefficient (Wildman–Crippen LogP) is 5.73. The quantitative estimate of drug-likeness (QED) is 0.333. The average Bonchev–Trinajstić information content (AvgIpc) is 2.60. The topological polar surface area (TPSA) is 86.5 Å². The highest BCUT2D eigenvalue weighted by Gasteiger charge is 2.28. The van der Waals surface area contributed by atoms with E-state index in [4.69, 9.17) is 4.18 Å². The molecule has 0 radical (unpaired) electrons. The molecule has 0 bridgehead atoms. The van der Waals surface area contributed by atoms with Crippen molar-refractivity contribution in [2.24, 2.45) is 0 Å². The molecule has 28 heavy (non-hydrogen) atoms. The van der Waals surface area contributed by atoms with E-state index in [1.165, 1.54) is 24.3 Å². The van der Waals surface area contributed by atoms with Crippen LogP contribution in [0.4, 0.5) is 5.69 Å². The molecule has 0 aromatic heterocycles. The lowest BCUT2D eigenvalue weighted by atomic mass is 9.89. The number of hydrogen-bond donors (Lipinski definition) is 0. The second-order valence-corrected chi connectivity index (χ2v) is 9.26. The van der Waals surface area contributed by atoms with Gasteiger partial charge in [0.25, 0.3) is 5.69 Å². The van der Waals surface area contributed by atoms with Gasteiger partial charge >= 0.3 is 10.1 Å². The van der Waals surface area contributed by atoms with Crippen LogP contribution in [0.15, 0.2) is 41.3 Å². The van der Waals surface area contributed by atoms with Gasteiger partial charge in [-0.3, -0.25) is 10.1 Å². The summed E-state index contributed by atoms with van der Waals surface area (Å²) in [4.78, 5) is 10.4. The van der Waals surface area contributed by atoms with Crippen LogP contribution in [0.5, 0.6) is 5.75 Å². The van der Waals surface area contributed by atoms with Crippen molar-refractivity contribution in [2.75, 3.05) is 0 Å². The smallest absolute Gasteiger partial charge is 0.339 e. The summed E-state index contributed by atoms with van der Waals surface area (Å²) in [6.45, 7) is 12.0. The lowest BCUT2D eigenvalue weighted by Gasteiger charge is -2.22. The maximum atomic E-state index is 13.2. The molecule has 0 atom stereocenters. The van der Waals surface area contributed by atoms with E-state index in [2.05, 4.69) is 13.8 Å². The molecule has 0 aliphatic heterocycles. The fourth-order valence-corrected chi connectivity index (χ4v) is 4.58. The van der Waals surface area contributed by atoms with E-state index < -0.39 is 15.0 Å². The second kappa shape index (κ2) is 8.31. The van der Waals surface area contributed by atoms with Gasteiger partial charge in [-0.2, -0.15) is 8.42 Å². The molecule has 0 spiro atoms. The number of nitrogens with zero attached hydrogens (tertiary/aromatic N) is 1. The standard InChI is InChI=1S/C21H27NO5S/c1-13(2)16-11-19(14(3)4)21(20(12-16)15(5)6)28(25,26)27-18-9-7-17(8-10-18)22(23)24/h7-15H,1-6H3. The van der Waals surface area contributed by atoms with Crippen LogP contribution in [0, 0.1) is 10.1 Å². The highest BCUT2D eigenvalue weighted by atomic mass is 32.2. The van der Waals surface area contributed by atoms with Crippen molar-refractivity contribution in [3.63, 3.8) is 0 Å². The van der Waals surface area contributed by atoms with E-state index >= 15 is 0 Å². The minimum absolute atomic E-state index is 0.0126. The van der Waals surface area contributed by atoms with E-state index in [-0.39, 0.29) is 34.1 Å². The number of nitro groups is 1. The van der Waals surface area contributed by atoms with Gasteiger partial charge in [0.2, 0.25) is 0 Å². The zero-order chi connectivity index (χ0) is 21.2. The van der Waals surface area contributed by atoms with Crippen LogP contribution in [0.1, 0.15) is 76.0 Å². The molecule has 0 unspecified atom stereocenters. The number of rotatable bonds is 7. The van der Waals surface area contributed by atoms with Crippen LogP contribution >= 0.6 is 0 Å². The molecule has 0 heterocycles. The molecule has 0 N–H and O–H groups in total. The Hall–Kier alpha value is -2.41. The molecule has 152 valence electrons. The van der Waals surface area contributed by atoms with Crippen LogP contribution in [0.25, 0.3) is 0 Å². The van der Waals surface area contributed by atoms with Crippen LogP contribution in [-0.4, -0.2) is 13.3 Å². The van der Waals surface area contributed by atoms with Crippen molar-refractivity contribution >= 4 is 15.8 Å². The average molecular weight is 406 g/mol. The van der Waals surface area contributed by atoms with Gasteiger partial charge in [0.05, 0.1) is 4.92 Å². The molecule has 0 aliphatic rings. The monoisotopic (exact) mass is 405 g/mol. The number of nitro benzene ring substituents is 1. The van der Waals surface area contributed by atoms with Crippen LogP contribution in [0.3, 0.4) is 0 Å². The molecule has 2 rings (SSSR count). The Bertz CT molecular complexity index is 932. The molecule has 6 nitrogen and oxygen atoms in total. The van der Waals surface area contributed by atoms with Gasteiger partial charge in [-0.1, -0.05) is 53.7 Å². The van der Waals surface area contributed by atoms with E-state index in [0.717, 1.165) is 16.7 Å². The Morgan fingerprint density at radius 2 is 1.32 bits per heavy atom. The maximum absolute atomic E-state index is 13.2. The summed E-state index contributed by atoms with van der Waals surface area (Å²) in [5.41, 5.74) is 2.40. The molecular formula is C21H27NO5S. The molecule has 0 amide bonds. The van der Waals surface area contributed by atoms with Crippen molar-refractivity contribution in [3.8, 4) is 5.75 Å². The van der Waals surface area contributed by atoms with Gasteiger partial charge in [-0.15, -0.1) is 0 Å². The fraction of sp³-hybridized carbons (Fsp3) is 0.429. The minimum Gasteiger partial charge on any atom is -0.379 e. The second-order valence-electron chi connectivity index (χ2n) is 7.78. The third-order valence-corrected chi connectivity index (χ3v) is 5.97. The lowest BCUT2D eigenvalue weighted by Crippen LogP contribution is -2.17. The first kappa shape index (κ1) is 21.9. The first-order valence-corrected chi connectivity index (χ1v) is 10.7. The first-order valence-electron chi connectivity index (χ1n) is 9.30. The van der Waals surface area contributed by atoms with Gasteiger partial charge in [-0.25, -0.2) is 0 Å². The Morgan fingerprint density at radius 1 is 0.857 bits per heavy atom. The zero-order valence-electron chi connectivity index (χ0n) is 17.1. The number of benzene rings is 2. The Balaban J connectivity index is 2.61. The van der Waals surface area contributed by atoms with Crippen molar-refractivity contribution in [3.05, 3.63) is 63.2 Å². The summed E-state index contributed by atoms with van der Waals surface area (Å²) >= 11 is 0. The Kier molecular flexibility index (Phi) is 6.49. The van der Waals surface area contributed by atoms with E-state index in [1.807, 2.05) is 39.8 Å². The SMILES string of the molecule is CC(C)c1cc(C(C)C)c(S(=O)(=O)Oc2ccc([N+](=O)[O-])cc2)c(C(C)C)c1. The summed E-state index contributed by atoms with van der Waals surface area (Å²) in [6, 6.07) is 8.91.